The van der Waals surface area contributed by atoms with Crippen LogP contribution in [0, 0.1) is 23.2 Å². The van der Waals surface area contributed by atoms with Gasteiger partial charge in [0.25, 0.3) is 0 Å². The first kappa shape index (κ1) is 30.2. The number of morpholine rings is 1. The van der Waals surface area contributed by atoms with Gasteiger partial charge in [-0.25, -0.2) is 4.90 Å². The summed E-state index contributed by atoms with van der Waals surface area (Å²) < 4.78 is 84.7. The van der Waals surface area contributed by atoms with Crippen LogP contribution in [0.3, 0.4) is 0 Å². The van der Waals surface area contributed by atoms with Gasteiger partial charge in [-0.2, -0.15) is 31.6 Å². The van der Waals surface area contributed by atoms with E-state index in [0.717, 1.165) is 17.0 Å². The summed E-state index contributed by atoms with van der Waals surface area (Å²) in [6.45, 7) is 6.22. The minimum absolute atomic E-state index is 0.182. The van der Waals surface area contributed by atoms with Crippen LogP contribution in [-0.4, -0.2) is 102 Å². The maximum absolute atomic E-state index is 13.6. The molecule has 4 saturated heterocycles. The summed E-state index contributed by atoms with van der Waals surface area (Å²) >= 11 is 0. The number of alkyl halides is 6. The number of hydrogen-bond donors (Lipinski definition) is 0. The molecule has 4 aliphatic heterocycles. The van der Waals surface area contributed by atoms with Crippen LogP contribution >= 0.6 is 0 Å². The number of nitrogens with zero attached hydrogens (tertiary/aromatic N) is 5. The Labute approximate surface area is 237 Å². The second-order valence-corrected chi connectivity index (χ2v) is 11.8. The highest BCUT2D eigenvalue weighted by atomic mass is 19.4. The van der Waals surface area contributed by atoms with E-state index in [1.165, 1.54) is 11.0 Å². The first-order valence-electron chi connectivity index (χ1n) is 13.4. The fourth-order valence-electron chi connectivity index (χ4n) is 6.97. The predicted octanol–water partition coefficient (Wildman–Crippen LogP) is 2.64. The molecule has 4 fully saturated rings. The van der Waals surface area contributed by atoms with E-state index < -0.39 is 70.7 Å². The van der Waals surface area contributed by atoms with Crippen LogP contribution in [0.4, 0.5) is 32.0 Å². The van der Waals surface area contributed by atoms with Gasteiger partial charge in [-0.3, -0.25) is 24.2 Å². The largest absolute Gasteiger partial charge is 0.417 e. The Balaban J connectivity index is 1.26. The van der Waals surface area contributed by atoms with Gasteiger partial charge in [0.2, 0.25) is 17.7 Å². The third-order valence-electron chi connectivity index (χ3n) is 8.66. The molecule has 2 bridgehead atoms. The van der Waals surface area contributed by atoms with Gasteiger partial charge < -0.3 is 9.64 Å². The molecular weight excluding hydrogens is 572 g/mol. The van der Waals surface area contributed by atoms with Crippen molar-refractivity contribution in [3.05, 3.63) is 29.3 Å². The lowest BCUT2D eigenvalue weighted by Crippen LogP contribution is -2.59. The number of nitriles is 1. The number of imide groups is 1. The Bertz CT molecular complexity index is 1300. The number of likely N-dealkylation sites (tertiary alicyclic amines) is 1. The van der Waals surface area contributed by atoms with Crippen LogP contribution in [0.25, 0.3) is 0 Å². The lowest BCUT2D eigenvalue weighted by molar-refractivity contribution is -0.170. The van der Waals surface area contributed by atoms with Crippen molar-refractivity contribution in [2.75, 3.05) is 57.3 Å². The number of benzene rings is 1. The zero-order chi connectivity index (χ0) is 30.8. The molecule has 1 aromatic rings. The Kier molecular flexibility index (Phi) is 7.35. The first-order chi connectivity index (χ1) is 19.5. The maximum Gasteiger partial charge on any atom is 0.417 e. The minimum Gasteiger partial charge on any atom is -0.365 e. The van der Waals surface area contributed by atoms with Gasteiger partial charge in [0, 0.05) is 52.4 Å². The van der Waals surface area contributed by atoms with E-state index in [1.54, 1.807) is 13.8 Å². The fourth-order valence-corrected chi connectivity index (χ4v) is 6.97. The highest BCUT2D eigenvalue weighted by Gasteiger charge is 2.71. The molecule has 4 atom stereocenters. The van der Waals surface area contributed by atoms with Crippen molar-refractivity contribution in [1.29, 1.82) is 5.26 Å². The van der Waals surface area contributed by atoms with E-state index in [1.807, 2.05) is 4.90 Å². The van der Waals surface area contributed by atoms with E-state index >= 15 is 0 Å². The summed E-state index contributed by atoms with van der Waals surface area (Å²) in [6.07, 6.45) is -10.9. The average Bonchev–Trinajstić information content (AvgIpc) is 3.26. The van der Waals surface area contributed by atoms with Crippen molar-refractivity contribution >= 4 is 23.4 Å². The molecule has 42 heavy (non-hydrogen) atoms. The molecule has 3 amide bonds. The van der Waals surface area contributed by atoms with Crippen molar-refractivity contribution in [1.82, 2.24) is 14.7 Å². The predicted molar refractivity (Wildman–Crippen MR) is 134 cm³/mol. The summed E-state index contributed by atoms with van der Waals surface area (Å²) in [7, 11) is 0. The van der Waals surface area contributed by atoms with Crippen molar-refractivity contribution in [2.24, 2.45) is 11.8 Å². The number of carbonyl (C=O) groups excluding carboxylic acids is 3. The second-order valence-electron chi connectivity index (χ2n) is 11.8. The normalized spacial score (nSPS) is 30.5. The number of fused-ring (bicyclic) bond motifs is 5. The summed E-state index contributed by atoms with van der Waals surface area (Å²) in [5.74, 6) is -4.11. The SMILES string of the molecule is C[C@]12CN(CCN3CCN(C(=O)CC(F)(F)F)CC3)C[C@](C)(O1)[C@H]1C(=O)N(c3ccc(C#N)c(C(F)(F)F)c3)C(=O)[C@H]12. The molecular formula is C27H29F6N5O4. The molecule has 4 aliphatic rings. The number of anilines is 1. The standard InChI is InChI=1S/C27H29F6N5O4/c1-24-14-36(6-5-35-7-9-37(10-8-35)19(39)12-26(28,29)30)15-25(2,42-24)21-20(24)22(40)38(23(21)41)17-4-3-16(13-34)18(11-17)27(31,32)33/h3-4,11,20-21H,5-10,12,14-15H2,1-2H3/t20-,21+,24+,25-. The van der Waals surface area contributed by atoms with Crippen molar-refractivity contribution < 1.29 is 45.5 Å². The number of rotatable bonds is 5. The molecule has 9 nitrogen and oxygen atoms in total. The zero-order valence-corrected chi connectivity index (χ0v) is 22.9. The van der Waals surface area contributed by atoms with Gasteiger partial charge in [0.05, 0.1) is 45.9 Å². The topological polar surface area (TPSA) is 97.2 Å². The number of hydrogen-bond acceptors (Lipinski definition) is 7. The van der Waals surface area contributed by atoms with Gasteiger partial charge >= 0.3 is 12.4 Å². The number of halogens is 6. The Hall–Kier alpha value is -3.22. The third kappa shape index (κ3) is 5.35. The molecule has 5 rings (SSSR count). The van der Waals surface area contributed by atoms with Crippen LogP contribution in [0.2, 0.25) is 0 Å². The number of carbonyl (C=O) groups is 3. The summed E-state index contributed by atoms with van der Waals surface area (Å²) in [5.41, 5.74) is -4.29. The maximum atomic E-state index is 13.6. The van der Waals surface area contributed by atoms with Gasteiger partial charge in [-0.05, 0) is 32.0 Å². The van der Waals surface area contributed by atoms with Crippen LogP contribution in [0.5, 0.6) is 0 Å². The Morgan fingerprint density at radius 3 is 2.00 bits per heavy atom. The Morgan fingerprint density at radius 1 is 0.952 bits per heavy atom. The number of piperazine rings is 1. The van der Waals surface area contributed by atoms with Crippen molar-refractivity contribution in [2.45, 2.75) is 43.8 Å². The van der Waals surface area contributed by atoms with Gasteiger partial charge in [-0.1, -0.05) is 0 Å². The lowest BCUT2D eigenvalue weighted by Gasteiger charge is -2.45. The molecule has 0 aromatic heterocycles. The molecule has 0 saturated carbocycles. The number of ether oxygens (including phenoxy) is 1. The summed E-state index contributed by atoms with van der Waals surface area (Å²) in [4.78, 5) is 45.2. The summed E-state index contributed by atoms with van der Waals surface area (Å²) in [5, 5.41) is 9.10. The van der Waals surface area contributed by atoms with Crippen molar-refractivity contribution in [3.8, 4) is 6.07 Å². The summed E-state index contributed by atoms with van der Waals surface area (Å²) in [6, 6.07) is 4.25. The zero-order valence-electron chi connectivity index (χ0n) is 22.9. The monoisotopic (exact) mass is 601 g/mol. The van der Waals surface area contributed by atoms with Crippen LogP contribution in [0.15, 0.2) is 18.2 Å². The van der Waals surface area contributed by atoms with E-state index in [4.69, 9.17) is 10.00 Å². The molecule has 0 unspecified atom stereocenters. The minimum atomic E-state index is -4.86. The molecule has 228 valence electrons. The van der Waals surface area contributed by atoms with Gasteiger partial charge in [0.15, 0.2) is 0 Å². The molecule has 4 heterocycles. The highest BCUT2D eigenvalue weighted by Crippen LogP contribution is 2.55. The van der Waals surface area contributed by atoms with Crippen LogP contribution in [-0.2, 0) is 25.3 Å². The highest BCUT2D eigenvalue weighted by molar-refractivity contribution is 6.23. The second kappa shape index (κ2) is 10.2. The lowest BCUT2D eigenvalue weighted by atomic mass is 9.79. The van der Waals surface area contributed by atoms with Gasteiger partial charge in [-0.15, -0.1) is 0 Å². The quantitative estimate of drug-likeness (QED) is 0.378. The van der Waals surface area contributed by atoms with Crippen LogP contribution in [0.1, 0.15) is 31.4 Å². The molecule has 1 aromatic carbocycles. The molecule has 0 spiro atoms. The Morgan fingerprint density at radius 2 is 1.50 bits per heavy atom. The van der Waals surface area contributed by atoms with E-state index in [0.29, 0.717) is 32.2 Å². The average molecular weight is 602 g/mol. The molecule has 15 heteroatoms. The van der Waals surface area contributed by atoms with Crippen molar-refractivity contribution in [3.63, 3.8) is 0 Å². The van der Waals surface area contributed by atoms with Gasteiger partial charge in [0.1, 0.15) is 6.42 Å². The first-order valence-corrected chi connectivity index (χ1v) is 13.4. The van der Waals surface area contributed by atoms with E-state index in [2.05, 4.69) is 4.90 Å². The third-order valence-corrected chi connectivity index (χ3v) is 8.66. The smallest absolute Gasteiger partial charge is 0.365 e. The van der Waals surface area contributed by atoms with Crippen LogP contribution < -0.4 is 4.90 Å². The van der Waals surface area contributed by atoms with E-state index in [9.17, 15) is 40.7 Å². The fraction of sp³-hybridized carbons (Fsp3) is 0.630. The molecule has 0 aliphatic carbocycles. The van der Waals surface area contributed by atoms with E-state index in [-0.39, 0.29) is 31.9 Å². The molecule has 0 radical (unpaired) electrons. The molecule has 0 N–H and O–H groups in total. The number of amides is 3.